The fraction of sp³-hybridized carbons (Fsp3) is 0.138. The van der Waals surface area contributed by atoms with Crippen LogP contribution in [0.1, 0.15) is 34.6 Å². The first kappa shape index (κ1) is 25.4. The molecule has 0 bridgehead atoms. The molecule has 8 heteroatoms. The number of benzene rings is 3. The molecule has 2 N–H and O–H groups in total. The van der Waals surface area contributed by atoms with E-state index in [1.807, 2.05) is 31.2 Å². The molecule has 0 aliphatic carbocycles. The summed E-state index contributed by atoms with van der Waals surface area (Å²) in [5.74, 6) is -0.735. The van der Waals surface area contributed by atoms with Gasteiger partial charge in [-0.15, -0.1) is 0 Å². The van der Waals surface area contributed by atoms with Gasteiger partial charge in [-0.05, 0) is 59.0 Å². The normalized spacial score (nSPS) is 12.2. The molecule has 1 unspecified atom stereocenters. The summed E-state index contributed by atoms with van der Waals surface area (Å²) in [7, 11) is 1.61. The highest BCUT2D eigenvalue weighted by molar-refractivity contribution is 6.00. The van der Waals surface area contributed by atoms with Crippen molar-refractivity contribution >= 4 is 11.9 Å². The van der Waals surface area contributed by atoms with E-state index in [9.17, 15) is 14.8 Å². The molecule has 4 rings (SSSR count). The van der Waals surface area contributed by atoms with Crippen LogP contribution in [0.4, 0.5) is 9.18 Å². The van der Waals surface area contributed by atoms with Crippen LogP contribution in [0.3, 0.4) is 0 Å². The molecule has 37 heavy (non-hydrogen) atoms. The Morgan fingerprint density at radius 3 is 2.32 bits per heavy atom. The van der Waals surface area contributed by atoms with Gasteiger partial charge in [0.05, 0.1) is 5.71 Å². The van der Waals surface area contributed by atoms with Gasteiger partial charge in [0.1, 0.15) is 11.6 Å². The number of ether oxygens (including phenoxy) is 1. The highest BCUT2D eigenvalue weighted by Gasteiger charge is 2.23. The second-order valence-electron chi connectivity index (χ2n) is 8.66. The van der Waals surface area contributed by atoms with Crippen LogP contribution in [0.15, 0.2) is 95.0 Å². The van der Waals surface area contributed by atoms with Crippen LogP contribution in [-0.2, 0) is 7.05 Å². The zero-order valence-corrected chi connectivity index (χ0v) is 20.3. The predicted octanol–water partition coefficient (Wildman–Crippen LogP) is 5.96. The Labute approximate surface area is 212 Å². The first-order chi connectivity index (χ1) is 17.8. The van der Waals surface area contributed by atoms with Gasteiger partial charge in [-0.25, -0.2) is 9.18 Å². The van der Waals surface area contributed by atoms with Crippen molar-refractivity contribution in [1.82, 2.24) is 4.57 Å². The third kappa shape index (κ3) is 5.75. The van der Waals surface area contributed by atoms with Gasteiger partial charge in [0.25, 0.3) is 0 Å². The third-order valence-electron chi connectivity index (χ3n) is 6.27. The lowest BCUT2D eigenvalue weighted by atomic mass is 9.83. The molecule has 7 nitrogen and oxygen atoms in total. The molecule has 1 aromatic heterocycles. The maximum atomic E-state index is 15.7. The fourth-order valence-electron chi connectivity index (χ4n) is 4.35. The van der Waals surface area contributed by atoms with E-state index in [1.54, 1.807) is 43.6 Å². The molecule has 0 aliphatic rings. The van der Waals surface area contributed by atoms with Crippen molar-refractivity contribution in [3.05, 3.63) is 123 Å². The molecular formula is C29H25FN2O5. The Bertz CT molecular complexity index is 1530. The van der Waals surface area contributed by atoms with E-state index in [1.165, 1.54) is 28.8 Å². The molecule has 3 aromatic carbocycles. The van der Waals surface area contributed by atoms with Crippen molar-refractivity contribution in [1.29, 1.82) is 0 Å². The molecule has 4 aromatic rings. The van der Waals surface area contributed by atoms with Crippen LogP contribution in [0.25, 0.3) is 11.1 Å². The summed E-state index contributed by atoms with van der Waals surface area (Å²) in [6, 6.07) is 21.9. The average Bonchev–Trinajstić information content (AvgIpc) is 2.88. The van der Waals surface area contributed by atoms with Crippen molar-refractivity contribution in [2.24, 2.45) is 12.2 Å². The van der Waals surface area contributed by atoms with Crippen LogP contribution >= 0.6 is 0 Å². The van der Waals surface area contributed by atoms with Gasteiger partial charge < -0.3 is 19.6 Å². The lowest BCUT2D eigenvalue weighted by molar-refractivity contribution is 0.144. The summed E-state index contributed by atoms with van der Waals surface area (Å²) in [4.78, 5) is 22.5. The standard InChI is InChI=1S/C29H25FN2O5/c1-18-5-3-4-6-23(18)25(16-27(31-36)21-10-14-28(33)32(2)17-21)24-13-9-20(15-26(24)30)19-7-11-22(12-8-19)37-29(34)35/h3-15,17,25,36H,16H2,1-2H3,(H,34,35)/b31-27+. The highest BCUT2D eigenvalue weighted by Crippen LogP contribution is 2.35. The largest absolute Gasteiger partial charge is 0.511 e. The lowest BCUT2D eigenvalue weighted by Crippen LogP contribution is -2.18. The summed E-state index contributed by atoms with van der Waals surface area (Å²) in [6.07, 6.45) is 0.370. The minimum Gasteiger partial charge on any atom is -0.449 e. The molecule has 0 amide bonds. The average molecular weight is 501 g/mol. The molecule has 0 saturated heterocycles. The number of hydrogen-bond donors (Lipinski definition) is 2. The number of nitrogens with zero attached hydrogens (tertiary/aromatic N) is 2. The van der Waals surface area contributed by atoms with Gasteiger partial charge >= 0.3 is 6.16 Å². The van der Waals surface area contributed by atoms with Crippen LogP contribution in [0, 0.1) is 12.7 Å². The Hall–Kier alpha value is -4.72. The Morgan fingerprint density at radius 1 is 1.00 bits per heavy atom. The molecule has 0 saturated carbocycles. The van der Waals surface area contributed by atoms with Crippen molar-refractivity contribution in [3.8, 4) is 16.9 Å². The predicted molar refractivity (Wildman–Crippen MR) is 138 cm³/mol. The highest BCUT2D eigenvalue weighted by atomic mass is 19.1. The molecule has 0 spiro atoms. The van der Waals surface area contributed by atoms with E-state index in [0.29, 0.717) is 28.0 Å². The van der Waals surface area contributed by atoms with Crippen molar-refractivity contribution in [3.63, 3.8) is 0 Å². The van der Waals surface area contributed by atoms with Gasteiger partial charge in [0, 0.05) is 37.2 Å². The molecular weight excluding hydrogens is 475 g/mol. The zero-order valence-electron chi connectivity index (χ0n) is 20.3. The summed E-state index contributed by atoms with van der Waals surface area (Å²) < 4.78 is 21.7. The second kappa shape index (κ2) is 10.9. The van der Waals surface area contributed by atoms with Gasteiger partial charge in [0.2, 0.25) is 5.56 Å². The SMILES string of the molecule is Cc1ccccc1C(C/C(=N\O)c1ccc(=O)n(C)c1)c1ccc(-c2ccc(OC(=O)O)cc2)cc1F. The first-order valence-corrected chi connectivity index (χ1v) is 11.5. The Kier molecular flexibility index (Phi) is 7.48. The van der Waals surface area contributed by atoms with Crippen LogP contribution < -0.4 is 10.3 Å². The number of oxime groups is 1. The van der Waals surface area contributed by atoms with Gasteiger partial charge in [-0.3, -0.25) is 4.79 Å². The van der Waals surface area contributed by atoms with E-state index in [4.69, 9.17) is 5.11 Å². The summed E-state index contributed by atoms with van der Waals surface area (Å²) in [5, 5.41) is 22.1. The maximum Gasteiger partial charge on any atom is 0.511 e. The van der Waals surface area contributed by atoms with E-state index in [2.05, 4.69) is 9.89 Å². The minimum atomic E-state index is -1.41. The first-order valence-electron chi connectivity index (χ1n) is 11.5. The second-order valence-corrected chi connectivity index (χ2v) is 8.66. The van der Waals surface area contributed by atoms with E-state index in [0.717, 1.165) is 11.1 Å². The number of carbonyl (C=O) groups is 1. The molecule has 0 radical (unpaired) electrons. The minimum absolute atomic E-state index is 0.169. The number of rotatable bonds is 7. The third-order valence-corrected chi connectivity index (χ3v) is 6.27. The summed E-state index contributed by atoms with van der Waals surface area (Å²) in [6.45, 7) is 1.94. The van der Waals surface area contributed by atoms with Gasteiger partial charge in [0.15, 0.2) is 0 Å². The topological polar surface area (TPSA) is 101 Å². The number of halogens is 1. The van der Waals surface area contributed by atoms with Gasteiger partial charge in [-0.1, -0.05) is 53.7 Å². The van der Waals surface area contributed by atoms with Crippen molar-refractivity contribution in [2.75, 3.05) is 0 Å². The zero-order chi connectivity index (χ0) is 26.5. The molecule has 1 heterocycles. The fourth-order valence-corrected chi connectivity index (χ4v) is 4.35. The monoisotopic (exact) mass is 500 g/mol. The van der Waals surface area contributed by atoms with E-state index in [-0.39, 0.29) is 17.7 Å². The van der Waals surface area contributed by atoms with E-state index < -0.39 is 17.9 Å². The van der Waals surface area contributed by atoms with Crippen molar-refractivity contribution < 1.29 is 24.2 Å². The van der Waals surface area contributed by atoms with Crippen LogP contribution in [0.2, 0.25) is 0 Å². The smallest absolute Gasteiger partial charge is 0.449 e. The summed E-state index contributed by atoms with van der Waals surface area (Å²) in [5.41, 5.74) is 4.26. The lowest BCUT2D eigenvalue weighted by Gasteiger charge is -2.22. The Balaban J connectivity index is 1.72. The molecule has 0 fully saturated rings. The number of hydrogen-bond acceptors (Lipinski definition) is 5. The quantitative estimate of drug-likeness (QED) is 0.107. The van der Waals surface area contributed by atoms with Crippen LogP contribution in [-0.4, -0.2) is 26.7 Å². The summed E-state index contributed by atoms with van der Waals surface area (Å²) >= 11 is 0. The molecule has 188 valence electrons. The van der Waals surface area contributed by atoms with E-state index >= 15 is 4.39 Å². The molecule has 0 aliphatic heterocycles. The number of pyridine rings is 1. The maximum absolute atomic E-state index is 15.7. The van der Waals surface area contributed by atoms with Crippen molar-refractivity contribution in [2.45, 2.75) is 19.3 Å². The van der Waals surface area contributed by atoms with Crippen LogP contribution in [0.5, 0.6) is 5.75 Å². The Morgan fingerprint density at radius 2 is 1.70 bits per heavy atom. The van der Waals surface area contributed by atoms with Gasteiger partial charge in [-0.2, -0.15) is 0 Å². The number of aromatic nitrogens is 1. The number of carboxylic acid groups (broad SMARTS) is 1. The molecule has 1 atom stereocenters. The number of aryl methyl sites for hydroxylation is 2.